The third-order valence-electron chi connectivity index (χ3n) is 3.58. The van der Waals surface area contributed by atoms with Crippen molar-refractivity contribution >= 4 is 17.3 Å². The molecule has 2 rings (SSSR count). The molecule has 0 radical (unpaired) electrons. The van der Waals surface area contributed by atoms with Gasteiger partial charge in [0.25, 0.3) is 0 Å². The van der Waals surface area contributed by atoms with E-state index in [-0.39, 0.29) is 12.3 Å². The number of rotatable bonds is 7. The van der Waals surface area contributed by atoms with E-state index in [0.29, 0.717) is 23.8 Å². The number of aliphatic imine (C=N–C) groups is 1. The van der Waals surface area contributed by atoms with Crippen LogP contribution in [-0.4, -0.2) is 31.7 Å². The van der Waals surface area contributed by atoms with E-state index in [1.54, 1.807) is 30.5 Å². The number of aromatic nitrogens is 1. The van der Waals surface area contributed by atoms with Crippen LogP contribution in [0.3, 0.4) is 0 Å². The molecule has 6 nitrogen and oxygen atoms in total. The number of methoxy groups -OCH3 is 1. The van der Waals surface area contributed by atoms with E-state index in [0.717, 1.165) is 15.6 Å². The first-order valence-corrected chi connectivity index (χ1v) is 8.73. The number of ether oxygens (including phenoxy) is 2. The number of nitrogens with one attached hydrogen (secondary N) is 2. The van der Waals surface area contributed by atoms with Gasteiger partial charge in [0.2, 0.25) is 0 Å². The summed E-state index contributed by atoms with van der Waals surface area (Å²) in [6.45, 7) is 1.87. The van der Waals surface area contributed by atoms with Gasteiger partial charge in [0.05, 0.1) is 24.4 Å². The summed E-state index contributed by atoms with van der Waals surface area (Å²) in [5.41, 5.74) is 1.55. The lowest BCUT2D eigenvalue weighted by atomic mass is 10.2. The van der Waals surface area contributed by atoms with Gasteiger partial charge in [-0.1, -0.05) is 0 Å². The van der Waals surface area contributed by atoms with Gasteiger partial charge < -0.3 is 20.1 Å². The number of guanidine groups is 1. The van der Waals surface area contributed by atoms with Gasteiger partial charge in [-0.05, 0) is 26.0 Å². The number of nitrogens with zero attached hydrogens (tertiary/aromatic N) is 2. The molecular formula is C17H22F2N4O2S. The van der Waals surface area contributed by atoms with Crippen LogP contribution in [0.2, 0.25) is 0 Å². The first-order valence-electron chi connectivity index (χ1n) is 7.92. The average Bonchev–Trinajstić information content (AvgIpc) is 2.92. The molecule has 142 valence electrons. The lowest BCUT2D eigenvalue weighted by Crippen LogP contribution is -2.36. The second-order valence-electron chi connectivity index (χ2n) is 5.37. The highest BCUT2D eigenvalue weighted by molar-refractivity contribution is 7.11. The number of thiazole rings is 1. The van der Waals surface area contributed by atoms with Crippen LogP contribution >= 0.6 is 11.3 Å². The van der Waals surface area contributed by atoms with Gasteiger partial charge in [0.15, 0.2) is 5.96 Å². The molecule has 0 aliphatic rings. The smallest absolute Gasteiger partial charge is 0.387 e. The lowest BCUT2D eigenvalue weighted by Gasteiger charge is -2.15. The summed E-state index contributed by atoms with van der Waals surface area (Å²) >= 11 is 1.62. The summed E-state index contributed by atoms with van der Waals surface area (Å²) in [6.07, 6.45) is 0. The van der Waals surface area contributed by atoms with Crippen LogP contribution in [-0.2, 0) is 13.1 Å². The predicted molar refractivity (Wildman–Crippen MR) is 98.3 cm³/mol. The molecule has 0 atom stereocenters. The summed E-state index contributed by atoms with van der Waals surface area (Å²) in [6, 6.07) is 4.80. The van der Waals surface area contributed by atoms with Crippen molar-refractivity contribution in [2.45, 2.75) is 33.5 Å². The molecule has 0 spiro atoms. The fraction of sp³-hybridized carbons (Fsp3) is 0.412. The Morgan fingerprint density at radius 1 is 1.27 bits per heavy atom. The normalized spacial score (nSPS) is 11.6. The van der Waals surface area contributed by atoms with E-state index in [2.05, 4.69) is 25.3 Å². The third-order valence-corrected chi connectivity index (χ3v) is 4.65. The van der Waals surface area contributed by atoms with Crippen LogP contribution < -0.4 is 20.1 Å². The van der Waals surface area contributed by atoms with Gasteiger partial charge >= 0.3 is 6.61 Å². The van der Waals surface area contributed by atoms with Crippen molar-refractivity contribution in [1.82, 2.24) is 15.6 Å². The number of aryl methyl sites for hydroxylation is 2. The van der Waals surface area contributed by atoms with Gasteiger partial charge in [-0.15, -0.1) is 11.3 Å². The summed E-state index contributed by atoms with van der Waals surface area (Å²) in [4.78, 5) is 9.65. The number of hydrogen-bond donors (Lipinski definition) is 2. The number of alkyl halides is 2. The van der Waals surface area contributed by atoms with Crippen molar-refractivity contribution in [3.05, 3.63) is 39.3 Å². The van der Waals surface area contributed by atoms with Crippen LogP contribution in [0.25, 0.3) is 0 Å². The fourth-order valence-electron chi connectivity index (χ4n) is 2.31. The summed E-state index contributed by atoms with van der Waals surface area (Å²) in [5, 5.41) is 7.29. The van der Waals surface area contributed by atoms with Crippen molar-refractivity contribution in [1.29, 1.82) is 0 Å². The van der Waals surface area contributed by atoms with E-state index in [9.17, 15) is 8.78 Å². The van der Waals surface area contributed by atoms with E-state index in [1.807, 2.05) is 13.8 Å². The highest BCUT2D eigenvalue weighted by Crippen LogP contribution is 2.26. The van der Waals surface area contributed by atoms with Crippen molar-refractivity contribution < 1.29 is 18.3 Å². The molecule has 2 N–H and O–H groups in total. The predicted octanol–water partition coefficient (Wildman–Crippen LogP) is 3.24. The topological polar surface area (TPSA) is 67.8 Å². The van der Waals surface area contributed by atoms with Gasteiger partial charge in [0, 0.05) is 30.1 Å². The van der Waals surface area contributed by atoms with Crippen molar-refractivity contribution in [3.8, 4) is 11.5 Å². The Morgan fingerprint density at radius 3 is 2.58 bits per heavy atom. The van der Waals surface area contributed by atoms with Gasteiger partial charge in [-0.2, -0.15) is 8.78 Å². The average molecular weight is 384 g/mol. The molecule has 2 aromatic rings. The molecule has 26 heavy (non-hydrogen) atoms. The van der Waals surface area contributed by atoms with Crippen LogP contribution in [0.1, 0.15) is 21.1 Å². The molecule has 0 aliphatic carbocycles. The molecule has 0 amide bonds. The van der Waals surface area contributed by atoms with E-state index >= 15 is 0 Å². The highest BCUT2D eigenvalue weighted by Gasteiger charge is 2.12. The van der Waals surface area contributed by atoms with E-state index in [4.69, 9.17) is 4.74 Å². The molecule has 0 bridgehead atoms. The van der Waals surface area contributed by atoms with E-state index in [1.165, 1.54) is 13.2 Å². The molecule has 1 heterocycles. The maximum Gasteiger partial charge on any atom is 0.387 e. The van der Waals surface area contributed by atoms with E-state index < -0.39 is 6.61 Å². The minimum atomic E-state index is -2.91. The molecule has 0 unspecified atom stereocenters. The maximum atomic E-state index is 12.6. The van der Waals surface area contributed by atoms with Crippen LogP contribution in [0, 0.1) is 13.8 Å². The zero-order valence-corrected chi connectivity index (χ0v) is 15.9. The summed E-state index contributed by atoms with van der Waals surface area (Å²) in [7, 11) is 3.11. The van der Waals surface area contributed by atoms with Crippen LogP contribution in [0.4, 0.5) is 8.78 Å². The van der Waals surface area contributed by atoms with Gasteiger partial charge in [-0.25, -0.2) is 4.98 Å². The van der Waals surface area contributed by atoms with Gasteiger partial charge in [-0.3, -0.25) is 4.99 Å². The molecule has 1 aromatic heterocycles. The Kier molecular flexibility index (Phi) is 7.14. The monoisotopic (exact) mass is 384 g/mol. The SMILES string of the molecule is CN=C(NCc1ccc(OC)cc1OC(F)F)NCc1sc(C)nc1C. The number of halogens is 2. The second kappa shape index (κ2) is 9.33. The molecule has 0 fully saturated rings. The Labute approximate surface area is 155 Å². The third kappa shape index (κ3) is 5.55. The molecule has 1 aromatic carbocycles. The minimum Gasteiger partial charge on any atom is -0.497 e. The van der Waals surface area contributed by atoms with Gasteiger partial charge in [0.1, 0.15) is 11.5 Å². The maximum absolute atomic E-state index is 12.6. The molecular weight excluding hydrogens is 362 g/mol. The Balaban J connectivity index is 2.00. The Bertz CT molecular complexity index is 765. The van der Waals surface area contributed by atoms with Crippen LogP contribution in [0.5, 0.6) is 11.5 Å². The first kappa shape index (κ1) is 19.9. The summed E-state index contributed by atoms with van der Waals surface area (Å²) in [5.74, 6) is 1.06. The molecule has 0 aliphatic heterocycles. The number of benzene rings is 1. The zero-order valence-electron chi connectivity index (χ0n) is 15.1. The zero-order chi connectivity index (χ0) is 19.1. The van der Waals surface area contributed by atoms with Crippen LogP contribution in [0.15, 0.2) is 23.2 Å². The number of hydrogen-bond acceptors (Lipinski definition) is 5. The highest BCUT2D eigenvalue weighted by atomic mass is 32.1. The Morgan fingerprint density at radius 2 is 2.00 bits per heavy atom. The minimum absolute atomic E-state index is 0.0660. The van der Waals surface area contributed by atoms with Crippen molar-refractivity contribution in [2.75, 3.05) is 14.2 Å². The van der Waals surface area contributed by atoms with Crippen molar-refractivity contribution in [3.63, 3.8) is 0 Å². The lowest BCUT2D eigenvalue weighted by molar-refractivity contribution is -0.0505. The molecule has 0 saturated heterocycles. The standard InChI is InChI=1S/C17H22F2N4O2S/c1-10-15(26-11(2)23-10)9-22-17(20-3)21-8-12-5-6-13(24-4)7-14(12)25-16(18)19/h5-7,16H,8-9H2,1-4H3,(H2,20,21,22). The quantitative estimate of drug-likeness (QED) is 0.567. The Hall–Kier alpha value is -2.42. The second-order valence-corrected chi connectivity index (χ2v) is 6.66. The summed E-state index contributed by atoms with van der Waals surface area (Å²) < 4.78 is 34.9. The molecule has 0 saturated carbocycles. The fourth-order valence-corrected chi connectivity index (χ4v) is 3.19. The van der Waals surface area contributed by atoms with Crippen molar-refractivity contribution in [2.24, 2.45) is 4.99 Å². The largest absolute Gasteiger partial charge is 0.497 e. The molecule has 9 heteroatoms. The first-order chi connectivity index (χ1) is 12.4.